The van der Waals surface area contributed by atoms with Crippen molar-refractivity contribution in [3.8, 4) is 0 Å². The molecule has 3 rings (SSSR count). The minimum absolute atomic E-state index is 0.00282. The molecule has 0 aliphatic heterocycles. The van der Waals surface area contributed by atoms with E-state index in [1.165, 1.54) is 25.3 Å². The summed E-state index contributed by atoms with van der Waals surface area (Å²) >= 11 is 0. The van der Waals surface area contributed by atoms with E-state index in [-0.39, 0.29) is 12.1 Å². The largest absolute Gasteiger partial charge is 0.458 e. The Hall–Kier alpha value is -1.05. The maximum absolute atomic E-state index is 11.1. The zero-order valence-corrected chi connectivity index (χ0v) is 9.90. The molecule has 2 nitrogen and oxygen atoms in total. The third-order valence-corrected chi connectivity index (χ3v) is 4.59. The van der Waals surface area contributed by atoms with E-state index in [1.807, 2.05) is 0 Å². The molecule has 0 aromatic carbocycles. The Morgan fingerprint density at radius 1 is 1.50 bits per heavy atom. The van der Waals surface area contributed by atoms with Gasteiger partial charge in [0.15, 0.2) is 0 Å². The highest BCUT2D eigenvalue weighted by Gasteiger charge is 2.56. The average Bonchev–Trinajstić information content (AvgIpc) is 2.77. The van der Waals surface area contributed by atoms with Gasteiger partial charge in [-0.25, -0.2) is 0 Å². The molecule has 0 aromatic heterocycles. The molecule has 0 N–H and O–H groups in total. The van der Waals surface area contributed by atoms with Gasteiger partial charge in [0.25, 0.3) is 0 Å². The van der Waals surface area contributed by atoms with Crippen LogP contribution in [0.1, 0.15) is 26.7 Å². The van der Waals surface area contributed by atoms with Crippen LogP contribution in [0.3, 0.4) is 0 Å². The lowest BCUT2D eigenvalue weighted by Gasteiger charge is -2.32. The fraction of sp³-hybridized carbons (Fsp3) is 0.643. The summed E-state index contributed by atoms with van der Waals surface area (Å²) in [6.45, 7) is 7.85. The van der Waals surface area contributed by atoms with Crippen LogP contribution in [0.5, 0.6) is 0 Å². The third kappa shape index (κ3) is 1.22. The third-order valence-electron chi connectivity index (χ3n) is 4.59. The standard InChI is InChI=1S/C14H18O2/c1-7-4-11-10-6-13(12(11)5-7)14(8(10)2)16-9(3)15/h4,10-14H,2,5-6H2,1,3H3/t10-,11+,12+,13-,14+/m0/s1. The first kappa shape index (κ1) is 10.1. The molecule has 0 spiro atoms. The van der Waals surface area contributed by atoms with Crippen LogP contribution in [-0.2, 0) is 9.53 Å². The van der Waals surface area contributed by atoms with Gasteiger partial charge in [-0.2, -0.15) is 0 Å². The summed E-state index contributed by atoms with van der Waals surface area (Å²) in [5, 5.41) is 0. The average molecular weight is 218 g/mol. The molecular formula is C14H18O2. The minimum atomic E-state index is -0.169. The molecule has 2 saturated carbocycles. The Balaban J connectivity index is 1.85. The van der Waals surface area contributed by atoms with Crippen LogP contribution in [0.2, 0.25) is 0 Å². The molecule has 16 heavy (non-hydrogen) atoms. The van der Waals surface area contributed by atoms with Gasteiger partial charge in [0.2, 0.25) is 0 Å². The van der Waals surface area contributed by atoms with Crippen molar-refractivity contribution in [1.29, 1.82) is 0 Å². The van der Waals surface area contributed by atoms with Crippen molar-refractivity contribution >= 4 is 5.97 Å². The first-order valence-corrected chi connectivity index (χ1v) is 6.11. The Bertz CT molecular complexity index is 394. The van der Waals surface area contributed by atoms with E-state index < -0.39 is 0 Å². The van der Waals surface area contributed by atoms with Crippen molar-refractivity contribution in [3.63, 3.8) is 0 Å². The first-order chi connectivity index (χ1) is 7.58. The van der Waals surface area contributed by atoms with Crippen molar-refractivity contribution in [1.82, 2.24) is 0 Å². The van der Waals surface area contributed by atoms with E-state index in [0.717, 1.165) is 5.57 Å². The van der Waals surface area contributed by atoms with E-state index in [2.05, 4.69) is 19.6 Å². The van der Waals surface area contributed by atoms with Gasteiger partial charge in [-0.1, -0.05) is 18.2 Å². The second-order valence-electron chi connectivity index (χ2n) is 5.57. The van der Waals surface area contributed by atoms with Gasteiger partial charge in [0.05, 0.1) is 0 Å². The molecule has 0 amide bonds. The Morgan fingerprint density at radius 3 is 2.94 bits per heavy atom. The summed E-state index contributed by atoms with van der Waals surface area (Å²) in [7, 11) is 0. The molecule has 0 heterocycles. The van der Waals surface area contributed by atoms with E-state index in [1.54, 1.807) is 0 Å². The van der Waals surface area contributed by atoms with Crippen LogP contribution >= 0.6 is 0 Å². The van der Waals surface area contributed by atoms with E-state index >= 15 is 0 Å². The summed E-state index contributed by atoms with van der Waals surface area (Å²) in [5.41, 5.74) is 2.66. The zero-order chi connectivity index (χ0) is 11.4. The van der Waals surface area contributed by atoms with Crippen LogP contribution in [0.25, 0.3) is 0 Å². The van der Waals surface area contributed by atoms with E-state index in [4.69, 9.17) is 4.74 Å². The first-order valence-electron chi connectivity index (χ1n) is 6.11. The fourth-order valence-corrected chi connectivity index (χ4v) is 4.08. The molecule has 0 aromatic rings. The Labute approximate surface area is 96.4 Å². The predicted octanol–water partition coefficient (Wildman–Crippen LogP) is 2.71. The number of esters is 1. The summed E-state index contributed by atoms with van der Waals surface area (Å²) < 4.78 is 5.44. The lowest BCUT2D eigenvalue weighted by molar-refractivity contribution is -0.147. The smallest absolute Gasteiger partial charge is 0.303 e. The zero-order valence-electron chi connectivity index (χ0n) is 9.90. The predicted molar refractivity (Wildman–Crippen MR) is 61.6 cm³/mol. The molecule has 5 atom stereocenters. The van der Waals surface area contributed by atoms with Gasteiger partial charge in [-0.3, -0.25) is 4.79 Å². The van der Waals surface area contributed by atoms with Gasteiger partial charge in [0.1, 0.15) is 6.10 Å². The van der Waals surface area contributed by atoms with Crippen molar-refractivity contribution in [2.75, 3.05) is 0 Å². The number of rotatable bonds is 1. The van der Waals surface area contributed by atoms with Gasteiger partial charge in [-0.15, -0.1) is 0 Å². The summed E-state index contributed by atoms with van der Waals surface area (Å²) in [5.74, 6) is 2.32. The van der Waals surface area contributed by atoms with Crippen LogP contribution in [-0.4, -0.2) is 12.1 Å². The highest BCUT2D eigenvalue weighted by atomic mass is 16.5. The van der Waals surface area contributed by atoms with Crippen molar-refractivity contribution < 1.29 is 9.53 Å². The van der Waals surface area contributed by atoms with Crippen LogP contribution in [0.15, 0.2) is 23.8 Å². The molecule has 3 aliphatic rings. The lowest BCUT2D eigenvalue weighted by atomic mass is 9.77. The number of carbonyl (C=O) groups is 1. The SMILES string of the molecule is C=C1[C@@H](OC(C)=O)[C@H]2C[C@@H]1[C@H]1C=C(C)C[C@H]12. The molecule has 86 valence electrons. The number of fused-ring (bicyclic) bond motifs is 5. The van der Waals surface area contributed by atoms with E-state index in [9.17, 15) is 4.79 Å². The molecule has 2 heteroatoms. The quantitative estimate of drug-likeness (QED) is 0.499. The molecule has 3 aliphatic carbocycles. The highest BCUT2D eigenvalue weighted by Crippen LogP contribution is 2.60. The summed E-state index contributed by atoms with van der Waals surface area (Å²) in [4.78, 5) is 11.1. The van der Waals surface area contributed by atoms with Gasteiger partial charge >= 0.3 is 5.97 Å². The normalized spacial score (nSPS) is 44.5. The minimum Gasteiger partial charge on any atom is -0.458 e. The topological polar surface area (TPSA) is 26.3 Å². The van der Waals surface area contributed by atoms with Gasteiger partial charge in [-0.05, 0) is 43.1 Å². The molecule has 2 fully saturated rings. The number of carbonyl (C=O) groups excluding carboxylic acids is 1. The Morgan fingerprint density at radius 2 is 2.25 bits per heavy atom. The molecular weight excluding hydrogens is 200 g/mol. The number of hydrogen-bond acceptors (Lipinski definition) is 2. The molecule has 0 unspecified atom stereocenters. The summed E-state index contributed by atoms with van der Waals surface area (Å²) in [6, 6.07) is 0. The van der Waals surface area contributed by atoms with Gasteiger partial charge in [0, 0.05) is 12.8 Å². The van der Waals surface area contributed by atoms with Gasteiger partial charge < -0.3 is 4.74 Å². The summed E-state index contributed by atoms with van der Waals surface area (Å²) in [6.07, 6.45) is 4.79. The second-order valence-corrected chi connectivity index (χ2v) is 5.57. The van der Waals surface area contributed by atoms with Crippen LogP contribution in [0.4, 0.5) is 0 Å². The number of allylic oxidation sites excluding steroid dienone is 2. The number of ether oxygens (including phenoxy) is 1. The lowest BCUT2D eigenvalue weighted by Crippen LogP contribution is -2.33. The van der Waals surface area contributed by atoms with Crippen molar-refractivity contribution in [2.45, 2.75) is 32.8 Å². The van der Waals surface area contributed by atoms with Crippen molar-refractivity contribution in [3.05, 3.63) is 23.8 Å². The number of hydrogen-bond donors (Lipinski definition) is 0. The Kier molecular flexibility index (Phi) is 2.04. The molecule has 0 saturated heterocycles. The maximum atomic E-state index is 11.1. The fourth-order valence-electron chi connectivity index (χ4n) is 4.08. The van der Waals surface area contributed by atoms with Crippen molar-refractivity contribution in [2.24, 2.45) is 23.7 Å². The van der Waals surface area contributed by atoms with E-state index in [0.29, 0.717) is 23.7 Å². The maximum Gasteiger partial charge on any atom is 0.303 e. The molecule has 2 bridgehead atoms. The second kappa shape index (κ2) is 3.22. The molecule has 0 radical (unpaired) electrons. The van der Waals surface area contributed by atoms with Crippen LogP contribution < -0.4 is 0 Å². The monoisotopic (exact) mass is 218 g/mol. The highest BCUT2D eigenvalue weighted by molar-refractivity contribution is 5.66. The van der Waals surface area contributed by atoms with Crippen LogP contribution in [0, 0.1) is 23.7 Å².